The van der Waals surface area contributed by atoms with Crippen molar-refractivity contribution in [2.24, 2.45) is 17.8 Å². The number of rotatable bonds is 8. The number of amides is 4. The fourth-order valence-corrected chi connectivity index (χ4v) is 8.62. The van der Waals surface area contributed by atoms with Crippen molar-refractivity contribution in [1.29, 1.82) is 0 Å². The first-order valence-electron chi connectivity index (χ1n) is 14.6. The fourth-order valence-electron chi connectivity index (χ4n) is 7.51. The lowest BCUT2D eigenvalue weighted by atomic mass is 9.56. The second kappa shape index (κ2) is 11.4. The van der Waals surface area contributed by atoms with E-state index >= 15 is 0 Å². The molecule has 2 saturated heterocycles. The highest BCUT2D eigenvalue weighted by atomic mass is 35.5. The highest BCUT2D eigenvalue weighted by Gasteiger charge is 2.76. The third-order valence-corrected chi connectivity index (χ3v) is 11.2. The van der Waals surface area contributed by atoms with Crippen LogP contribution < -0.4 is 4.90 Å². The van der Waals surface area contributed by atoms with Gasteiger partial charge < -0.3 is 10.2 Å². The highest BCUT2D eigenvalue weighted by molar-refractivity contribution is 6.58. The van der Waals surface area contributed by atoms with E-state index in [1.54, 1.807) is 6.08 Å². The van der Waals surface area contributed by atoms with Gasteiger partial charge in [0.25, 0.3) is 11.8 Å². The molecule has 6 atom stereocenters. The third-order valence-electron chi connectivity index (χ3n) is 9.56. The van der Waals surface area contributed by atoms with Crippen molar-refractivity contribution in [3.05, 3.63) is 70.5 Å². The second-order valence-electron chi connectivity index (χ2n) is 12.0. The molecule has 9 nitrogen and oxygen atoms in total. The minimum atomic E-state index is -2.19. The fraction of sp³-hybridized carbons (Fsp3) is 0.406. The number of phenolic OH excluding ortho intramolecular Hbond substituents is 1. The number of alkyl halides is 2. The number of phenols is 1. The van der Waals surface area contributed by atoms with Crippen LogP contribution in [0.2, 0.25) is 5.02 Å². The van der Waals surface area contributed by atoms with Crippen molar-refractivity contribution in [3.8, 4) is 5.75 Å². The summed E-state index contributed by atoms with van der Waals surface area (Å²) in [6.45, 7) is 0.117. The van der Waals surface area contributed by atoms with Crippen LogP contribution in [0.15, 0.2) is 54.1 Å². The summed E-state index contributed by atoms with van der Waals surface area (Å²) in [7, 11) is 0. The SMILES string of the molecule is O=C(O)CCCCCN1C(=O)C2CC=C3C(CC4(Cl)C(=O)N(c5ccc(F)cc5)C(=O)C4(Cl)C3c3cc(Cl)ccc3O)C2C1=O. The number of nitrogens with zero attached hydrogens (tertiary/aromatic N) is 2. The number of aromatic hydroxyl groups is 1. The number of aliphatic carboxylic acids is 1. The van der Waals surface area contributed by atoms with E-state index in [1.165, 1.54) is 35.2 Å². The minimum absolute atomic E-state index is 0.0140. The Morgan fingerprint density at radius 1 is 0.956 bits per heavy atom. The number of hydrogen-bond donors (Lipinski definition) is 2. The van der Waals surface area contributed by atoms with Crippen LogP contribution in [-0.2, 0) is 24.0 Å². The van der Waals surface area contributed by atoms with Gasteiger partial charge in [-0.25, -0.2) is 9.29 Å². The summed E-state index contributed by atoms with van der Waals surface area (Å²) in [6.07, 6.45) is 2.98. The minimum Gasteiger partial charge on any atom is -0.508 e. The smallest absolute Gasteiger partial charge is 0.303 e. The van der Waals surface area contributed by atoms with Crippen LogP contribution in [0.3, 0.4) is 0 Å². The molecule has 4 aliphatic rings. The summed E-state index contributed by atoms with van der Waals surface area (Å²) in [6, 6.07) is 8.90. The zero-order valence-electron chi connectivity index (χ0n) is 23.7. The maximum Gasteiger partial charge on any atom is 0.303 e. The van der Waals surface area contributed by atoms with E-state index in [0.29, 0.717) is 24.8 Å². The monoisotopic (exact) mass is 676 g/mol. The van der Waals surface area contributed by atoms with Crippen LogP contribution in [-0.4, -0.2) is 61.0 Å². The Hall–Kier alpha value is -3.47. The number of carbonyl (C=O) groups excluding carboxylic acids is 4. The van der Waals surface area contributed by atoms with Crippen LogP contribution in [0.4, 0.5) is 10.1 Å². The molecule has 4 amide bonds. The lowest BCUT2D eigenvalue weighted by Gasteiger charge is -2.50. The topological polar surface area (TPSA) is 132 Å². The standard InChI is InChI=1S/C32H28Cl3FN2O7/c33-16-5-12-23(39)21(14-16)26-19-10-11-20-25(28(43)37(27(20)42)13-3-1-2-4-24(40)41)22(19)15-31(34)29(44)38(30(45)32(26,31)35)18-8-6-17(36)7-9-18/h5-10,12,14,20,22,25-26,39H,1-4,11,13,15H2,(H,40,41). The molecule has 0 aromatic heterocycles. The molecule has 0 spiro atoms. The number of allylic oxidation sites excluding steroid dienone is 2. The molecule has 6 rings (SSSR count). The summed E-state index contributed by atoms with van der Waals surface area (Å²) < 4.78 is 13.8. The van der Waals surface area contributed by atoms with Gasteiger partial charge in [0.15, 0.2) is 9.75 Å². The number of carboxylic acids is 1. The molecule has 2 N–H and O–H groups in total. The van der Waals surface area contributed by atoms with Gasteiger partial charge in [-0.2, -0.15) is 0 Å². The zero-order valence-corrected chi connectivity index (χ0v) is 26.0. The van der Waals surface area contributed by atoms with Crippen molar-refractivity contribution in [2.75, 3.05) is 11.4 Å². The number of fused-ring (bicyclic) bond motifs is 4. The van der Waals surface area contributed by atoms with Crippen LogP contribution in [0.25, 0.3) is 0 Å². The number of imide groups is 2. The maximum absolute atomic E-state index is 14.3. The average molecular weight is 678 g/mol. The summed E-state index contributed by atoms with van der Waals surface area (Å²) >= 11 is 20.9. The van der Waals surface area contributed by atoms with Gasteiger partial charge in [0, 0.05) is 29.5 Å². The van der Waals surface area contributed by atoms with Gasteiger partial charge in [-0.1, -0.05) is 29.7 Å². The van der Waals surface area contributed by atoms with Gasteiger partial charge in [-0.15, -0.1) is 23.2 Å². The molecular formula is C32H28Cl3FN2O7. The maximum atomic E-state index is 14.3. The van der Waals surface area contributed by atoms with E-state index in [4.69, 9.17) is 39.9 Å². The normalized spacial score (nSPS) is 30.7. The predicted octanol–water partition coefficient (Wildman–Crippen LogP) is 5.39. The molecule has 3 fully saturated rings. The Morgan fingerprint density at radius 3 is 2.36 bits per heavy atom. The first-order chi connectivity index (χ1) is 21.3. The first-order valence-corrected chi connectivity index (χ1v) is 15.7. The molecule has 2 aliphatic heterocycles. The molecule has 2 aliphatic carbocycles. The molecule has 2 aromatic rings. The Labute approximate surface area is 272 Å². The van der Waals surface area contributed by atoms with Crippen LogP contribution >= 0.6 is 34.8 Å². The summed E-state index contributed by atoms with van der Waals surface area (Å²) in [4.78, 5) is 64.5. The van der Waals surface area contributed by atoms with Gasteiger partial charge in [0.05, 0.1) is 17.5 Å². The van der Waals surface area contributed by atoms with Crippen LogP contribution in [0.5, 0.6) is 5.75 Å². The van der Waals surface area contributed by atoms with E-state index in [1.807, 2.05) is 0 Å². The molecule has 13 heteroatoms. The van der Waals surface area contributed by atoms with Crippen molar-refractivity contribution in [2.45, 2.75) is 54.2 Å². The number of hydrogen-bond acceptors (Lipinski definition) is 6. The van der Waals surface area contributed by atoms with Crippen LogP contribution in [0, 0.1) is 23.6 Å². The lowest BCUT2D eigenvalue weighted by Crippen LogP contribution is -2.60. The van der Waals surface area contributed by atoms with Gasteiger partial charge in [0.2, 0.25) is 11.8 Å². The number of likely N-dealkylation sites (tertiary alicyclic amines) is 1. The number of carbonyl (C=O) groups is 5. The van der Waals surface area contributed by atoms with E-state index in [2.05, 4.69) is 0 Å². The molecule has 236 valence electrons. The number of halogens is 4. The molecular weight excluding hydrogens is 650 g/mol. The van der Waals surface area contributed by atoms with Crippen LogP contribution in [0.1, 0.15) is 50.0 Å². The lowest BCUT2D eigenvalue weighted by molar-refractivity contribution is -0.141. The number of carboxylic acid groups (broad SMARTS) is 1. The van der Waals surface area contributed by atoms with Crippen molar-refractivity contribution >= 4 is 70.1 Å². The summed E-state index contributed by atoms with van der Waals surface area (Å²) in [5, 5.41) is 20.2. The molecule has 2 aromatic carbocycles. The number of benzene rings is 2. The molecule has 6 unspecified atom stereocenters. The largest absolute Gasteiger partial charge is 0.508 e. The molecule has 0 radical (unpaired) electrons. The van der Waals surface area contributed by atoms with E-state index in [9.17, 15) is 33.5 Å². The molecule has 1 saturated carbocycles. The second-order valence-corrected chi connectivity index (χ2v) is 13.7. The van der Waals surface area contributed by atoms with E-state index in [-0.39, 0.29) is 53.7 Å². The summed E-state index contributed by atoms with van der Waals surface area (Å²) in [5.41, 5.74) is 0.670. The third kappa shape index (κ3) is 4.75. The van der Waals surface area contributed by atoms with Gasteiger partial charge in [-0.3, -0.25) is 28.9 Å². The van der Waals surface area contributed by atoms with Crippen molar-refractivity contribution in [1.82, 2.24) is 4.90 Å². The van der Waals surface area contributed by atoms with Gasteiger partial charge >= 0.3 is 5.97 Å². The molecule has 0 bridgehead atoms. The van der Waals surface area contributed by atoms with E-state index < -0.39 is 62.9 Å². The zero-order chi connectivity index (χ0) is 32.4. The van der Waals surface area contributed by atoms with Crippen molar-refractivity contribution < 1.29 is 38.6 Å². The molecule has 2 heterocycles. The molecule has 45 heavy (non-hydrogen) atoms. The van der Waals surface area contributed by atoms with Crippen molar-refractivity contribution in [3.63, 3.8) is 0 Å². The first kappa shape index (κ1) is 31.5. The summed E-state index contributed by atoms with van der Waals surface area (Å²) in [5.74, 6) is -7.97. The Morgan fingerprint density at radius 2 is 1.67 bits per heavy atom. The average Bonchev–Trinajstić information content (AvgIpc) is 3.32. The van der Waals surface area contributed by atoms with Gasteiger partial charge in [-0.05, 0) is 74.1 Å². The quantitative estimate of drug-likeness (QED) is 0.166. The highest BCUT2D eigenvalue weighted by Crippen LogP contribution is 2.66. The Balaban J connectivity index is 1.43. The Bertz CT molecular complexity index is 1670. The number of unbranched alkanes of at least 4 members (excludes halogenated alkanes) is 2. The van der Waals surface area contributed by atoms with Gasteiger partial charge in [0.1, 0.15) is 11.6 Å². The predicted molar refractivity (Wildman–Crippen MR) is 163 cm³/mol. The van der Waals surface area contributed by atoms with E-state index in [0.717, 1.165) is 17.0 Å². The number of anilines is 1. The Kier molecular flexibility index (Phi) is 7.98.